The minimum absolute atomic E-state index is 0.241. The van der Waals surface area contributed by atoms with Gasteiger partial charge in [0.05, 0.1) is 40.2 Å². The lowest BCUT2D eigenvalue weighted by Gasteiger charge is -2.39. The summed E-state index contributed by atoms with van der Waals surface area (Å²) in [6.07, 6.45) is 0.750. The SMILES string of the molecule is COc1ccc(OC)c(NC(=S)N2CCc3cc(OC)c(OC)cc3C2COc2ccc(F)cc2)c1. The van der Waals surface area contributed by atoms with Crippen molar-refractivity contribution in [2.24, 2.45) is 0 Å². The molecule has 1 aliphatic heterocycles. The van der Waals surface area contributed by atoms with Gasteiger partial charge in [-0.05, 0) is 78.3 Å². The Balaban J connectivity index is 1.66. The van der Waals surface area contributed by atoms with E-state index in [0.29, 0.717) is 46.1 Å². The van der Waals surface area contributed by atoms with Gasteiger partial charge in [-0.1, -0.05) is 0 Å². The first-order valence-corrected chi connectivity index (χ1v) is 11.8. The third kappa shape index (κ3) is 5.41. The van der Waals surface area contributed by atoms with Gasteiger partial charge in [-0.15, -0.1) is 0 Å². The van der Waals surface area contributed by atoms with Crippen LogP contribution in [0.25, 0.3) is 0 Å². The van der Waals surface area contributed by atoms with Gasteiger partial charge in [0, 0.05) is 12.6 Å². The molecule has 1 atom stereocenters. The number of thiocarbonyl (C=S) groups is 1. The molecule has 0 amide bonds. The molecule has 7 nitrogen and oxygen atoms in total. The van der Waals surface area contributed by atoms with E-state index < -0.39 is 0 Å². The van der Waals surface area contributed by atoms with E-state index in [1.165, 1.54) is 12.1 Å². The number of hydrogen-bond donors (Lipinski definition) is 1. The van der Waals surface area contributed by atoms with Crippen LogP contribution in [0, 0.1) is 5.82 Å². The highest BCUT2D eigenvalue weighted by Gasteiger charge is 2.32. The molecular formula is C27H29FN2O5S. The van der Waals surface area contributed by atoms with Gasteiger partial charge in [0.25, 0.3) is 0 Å². The Kier molecular flexibility index (Phi) is 8.00. The van der Waals surface area contributed by atoms with Crippen molar-refractivity contribution in [3.8, 4) is 28.7 Å². The molecule has 0 bridgehead atoms. The maximum absolute atomic E-state index is 13.4. The molecule has 36 heavy (non-hydrogen) atoms. The van der Waals surface area contributed by atoms with Gasteiger partial charge in [0.1, 0.15) is 29.7 Å². The van der Waals surface area contributed by atoms with Gasteiger partial charge in [0.15, 0.2) is 16.6 Å². The lowest BCUT2D eigenvalue weighted by Crippen LogP contribution is -2.44. The minimum Gasteiger partial charge on any atom is -0.497 e. The van der Waals surface area contributed by atoms with E-state index in [-0.39, 0.29) is 18.5 Å². The summed E-state index contributed by atoms with van der Waals surface area (Å²) in [4.78, 5) is 2.08. The van der Waals surface area contributed by atoms with Crippen LogP contribution in [0.4, 0.5) is 10.1 Å². The highest BCUT2D eigenvalue weighted by atomic mass is 32.1. The Labute approximate surface area is 215 Å². The number of methoxy groups -OCH3 is 4. The number of benzene rings is 3. The van der Waals surface area contributed by atoms with Crippen molar-refractivity contribution in [2.75, 3.05) is 46.9 Å². The minimum atomic E-state index is -0.318. The Morgan fingerprint density at radius 1 is 0.889 bits per heavy atom. The molecule has 3 aromatic rings. The van der Waals surface area contributed by atoms with E-state index in [1.807, 2.05) is 30.3 Å². The summed E-state index contributed by atoms with van der Waals surface area (Å²) in [7, 11) is 6.44. The van der Waals surface area contributed by atoms with E-state index in [9.17, 15) is 4.39 Å². The zero-order valence-electron chi connectivity index (χ0n) is 20.7. The fraction of sp³-hybridized carbons (Fsp3) is 0.296. The van der Waals surface area contributed by atoms with Crippen molar-refractivity contribution in [3.63, 3.8) is 0 Å². The summed E-state index contributed by atoms with van der Waals surface area (Å²) in [6.45, 7) is 0.934. The number of fused-ring (bicyclic) bond motifs is 1. The molecule has 3 aromatic carbocycles. The Bertz CT molecular complexity index is 1220. The lowest BCUT2D eigenvalue weighted by molar-refractivity contribution is 0.190. The van der Waals surface area contributed by atoms with Crippen LogP contribution < -0.4 is 29.0 Å². The molecule has 1 heterocycles. The first-order chi connectivity index (χ1) is 17.5. The smallest absolute Gasteiger partial charge is 0.174 e. The lowest BCUT2D eigenvalue weighted by atomic mass is 9.92. The summed E-state index contributed by atoms with van der Waals surface area (Å²) in [5, 5.41) is 3.82. The van der Waals surface area contributed by atoms with Crippen LogP contribution in [0.5, 0.6) is 28.7 Å². The van der Waals surface area contributed by atoms with Crippen LogP contribution in [-0.4, -0.2) is 51.6 Å². The van der Waals surface area contributed by atoms with Gasteiger partial charge >= 0.3 is 0 Å². The van der Waals surface area contributed by atoms with Gasteiger partial charge in [-0.2, -0.15) is 0 Å². The molecule has 4 rings (SSSR count). The molecule has 190 valence electrons. The molecule has 1 aliphatic rings. The maximum Gasteiger partial charge on any atom is 0.174 e. The van der Waals surface area contributed by atoms with Crippen LogP contribution in [0.3, 0.4) is 0 Å². The zero-order chi connectivity index (χ0) is 25.7. The Morgan fingerprint density at radius 3 is 2.22 bits per heavy atom. The summed E-state index contributed by atoms with van der Waals surface area (Å²) >= 11 is 5.86. The average molecular weight is 513 g/mol. The first kappa shape index (κ1) is 25.4. The highest BCUT2D eigenvalue weighted by Crippen LogP contribution is 2.39. The second-order valence-corrected chi connectivity index (χ2v) is 8.51. The second-order valence-electron chi connectivity index (χ2n) is 8.13. The molecular weight excluding hydrogens is 483 g/mol. The van der Waals surface area contributed by atoms with Crippen LogP contribution >= 0.6 is 12.2 Å². The summed E-state index contributed by atoms with van der Waals surface area (Å²) < 4.78 is 41.4. The van der Waals surface area contributed by atoms with Crippen molar-refractivity contribution in [2.45, 2.75) is 12.5 Å². The summed E-state index contributed by atoms with van der Waals surface area (Å²) in [5.74, 6) is 2.86. The predicted octanol–water partition coefficient (Wildman–Crippen LogP) is 5.24. The number of nitrogens with one attached hydrogen (secondary N) is 1. The van der Waals surface area contributed by atoms with Crippen LogP contribution in [-0.2, 0) is 6.42 Å². The normalized spacial score (nSPS) is 14.5. The zero-order valence-corrected chi connectivity index (χ0v) is 21.5. The molecule has 0 spiro atoms. The monoisotopic (exact) mass is 512 g/mol. The Morgan fingerprint density at radius 2 is 1.56 bits per heavy atom. The molecule has 1 unspecified atom stereocenters. The van der Waals surface area contributed by atoms with E-state index in [2.05, 4.69) is 10.2 Å². The van der Waals surface area contributed by atoms with Gasteiger partial charge in [-0.25, -0.2) is 4.39 Å². The number of anilines is 1. The fourth-order valence-corrected chi connectivity index (χ4v) is 4.58. The van der Waals surface area contributed by atoms with E-state index in [0.717, 1.165) is 17.5 Å². The van der Waals surface area contributed by atoms with Crippen molar-refractivity contribution < 1.29 is 28.1 Å². The van der Waals surface area contributed by atoms with Crippen LogP contribution in [0.1, 0.15) is 17.2 Å². The van der Waals surface area contributed by atoms with Crippen molar-refractivity contribution in [1.82, 2.24) is 4.90 Å². The van der Waals surface area contributed by atoms with Crippen LogP contribution in [0.15, 0.2) is 54.6 Å². The average Bonchev–Trinajstić information content (AvgIpc) is 2.91. The predicted molar refractivity (Wildman–Crippen MR) is 140 cm³/mol. The largest absolute Gasteiger partial charge is 0.497 e. The van der Waals surface area contributed by atoms with Crippen molar-refractivity contribution in [1.29, 1.82) is 0 Å². The summed E-state index contributed by atoms with van der Waals surface area (Å²) in [6, 6.07) is 15.2. The molecule has 1 N–H and O–H groups in total. The topological polar surface area (TPSA) is 61.4 Å². The van der Waals surface area contributed by atoms with Gasteiger partial charge < -0.3 is 33.9 Å². The third-order valence-corrected chi connectivity index (χ3v) is 6.47. The molecule has 0 aliphatic carbocycles. The quantitative estimate of drug-likeness (QED) is 0.412. The highest BCUT2D eigenvalue weighted by molar-refractivity contribution is 7.80. The molecule has 0 radical (unpaired) electrons. The third-order valence-electron chi connectivity index (χ3n) is 6.13. The molecule has 0 aromatic heterocycles. The van der Waals surface area contributed by atoms with E-state index in [1.54, 1.807) is 40.6 Å². The Hall–Kier alpha value is -3.72. The number of nitrogens with zero attached hydrogens (tertiary/aromatic N) is 1. The number of rotatable bonds is 8. The first-order valence-electron chi connectivity index (χ1n) is 11.4. The van der Waals surface area contributed by atoms with E-state index in [4.69, 9.17) is 35.9 Å². The van der Waals surface area contributed by atoms with Crippen molar-refractivity contribution in [3.05, 3.63) is 71.5 Å². The van der Waals surface area contributed by atoms with Crippen LogP contribution in [0.2, 0.25) is 0 Å². The number of halogens is 1. The fourth-order valence-electron chi connectivity index (χ4n) is 4.26. The van der Waals surface area contributed by atoms with E-state index >= 15 is 0 Å². The standard InChI is InChI=1S/C27H29FN2O5S/c1-31-20-9-10-24(32-2)22(14-20)29-27(36)30-12-11-17-13-25(33-3)26(34-4)15-21(17)23(30)16-35-19-7-5-18(28)6-8-19/h5-10,13-15,23H,11-12,16H2,1-4H3,(H,29,36). The van der Waals surface area contributed by atoms with Crippen molar-refractivity contribution >= 4 is 23.0 Å². The maximum atomic E-state index is 13.4. The second kappa shape index (κ2) is 11.3. The number of ether oxygens (including phenoxy) is 5. The molecule has 0 saturated heterocycles. The van der Waals surface area contributed by atoms with Gasteiger partial charge in [0.2, 0.25) is 0 Å². The molecule has 0 saturated carbocycles. The molecule has 9 heteroatoms. The summed E-state index contributed by atoms with van der Waals surface area (Å²) in [5.41, 5.74) is 2.83. The molecule has 0 fully saturated rings. The van der Waals surface area contributed by atoms with Gasteiger partial charge in [-0.3, -0.25) is 0 Å². The number of hydrogen-bond acceptors (Lipinski definition) is 6.